The van der Waals surface area contributed by atoms with E-state index >= 15 is 0 Å². The van der Waals surface area contributed by atoms with Crippen molar-refractivity contribution in [1.82, 2.24) is 4.90 Å². The van der Waals surface area contributed by atoms with E-state index in [0.29, 0.717) is 5.57 Å². The van der Waals surface area contributed by atoms with Gasteiger partial charge in [0.15, 0.2) is 0 Å². The van der Waals surface area contributed by atoms with Gasteiger partial charge in [0.05, 0.1) is 18.1 Å². The number of nitrogens with zero attached hydrogens (tertiary/aromatic N) is 1. The number of likely N-dealkylation sites (tertiary alicyclic amines) is 1. The first-order valence-corrected chi connectivity index (χ1v) is 10.3. The molecule has 1 saturated heterocycles. The number of fused-ring (bicyclic) bond motifs is 1. The molecule has 1 aromatic rings. The zero-order valence-corrected chi connectivity index (χ0v) is 17.2. The predicted octanol–water partition coefficient (Wildman–Crippen LogP) is 4.15. The number of hydrogen-bond acceptors (Lipinski definition) is 4. The zero-order chi connectivity index (χ0) is 18.3. The lowest BCUT2D eigenvalue weighted by Gasteiger charge is -2.41. The van der Waals surface area contributed by atoms with Crippen LogP contribution in [0.1, 0.15) is 25.3 Å². The summed E-state index contributed by atoms with van der Waals surface area (Å²) in [5, 5.41) is 3.57. The van der Waals surface area contributed by atoms with Gasteiger partial charge in [0, 0.05) is 30.5 Å². The van der Waals surface area contributed by atoms with Crippen LogP contribution in [0.2, 0.25) is 0 Å². The molecule has 136 valence electrons. The number of carbonyl (C=O) groups is 1. The van der Waals surface area contributed by atoms with Crippen molar-refractivity contribution in [2.45, 2.75) is 31.2 Å². The largest absolute Gasteiger partial charge is 0.465 e. The van der Waals surface area contributed by atoms with Gasteiger partial charge in [-0.25, -0.2) is 4.79 Å². The second-order valence-electron chi connectivity index (χ2n) is 7.00. The lowest BCUT2D eigenvalue weighted by molar-refractivity contribution is -0.135. The van der Waals surface area contributed by atoms with E-state index in [-0.39, 0.29) is 17.4 Å². The van der Waals surface area contributed by atoms with Gasteiger partial charge in [-0.3, -0.25) is 4.90 Å². The number of para-hydroxylation sites is 1. The van der Waals surface area contributed by atoms with E-state index in [1.165, 1.54) is 18.2 Å². The third-order valence-electron chi connectivity index (χ3n) is 5.93. The molecule has 2 aliphatic heterocycles. The number of anilines is 1. The van der Waals surface area contributed by atoms with Gasteiger partial charge in [-0.05, 0) is 34.6 Å². The fourth-order valence-electron chi connectivity index (χ4n) is 4.94. The van der Waals surface area contributed by atoms with Gasteiger partial charge in [0.2, 0.25) is 0 Å². The van der Waals surface area contributed by atoms with Crippen molar-refractivity contribution in [2.75, 3.05) is 25.5 Å². The van der Waals surface area contributed by atoms with E-state index in [1.807, 2.05) is 6.07 Å². The molecule has 1 fully saturated rings. The van der Waals surface area contributed by atoms with Crippen molar-refractivity contribution in [3.8, 4) is 0 Å². The number of nitrogens with one attached hydrogen (secondary N) is 1. The summed E-state index contributed by atoms with van der Waals surface area (Å²) in [6, 6.07) is 8.75. The van der Waals surface area contributed by atoms with E-state index in [0.717, 1.165) is 37.3 Å². The number of benzene rings is 1. The molecule has 0 saturated carbocycles. The Hall–Kier alpha value is -1.60. The van der Waals surface area contributed by atoms with Gasteiger partial charge in [0.25, 0.3) is 0 Å². The molecule has 1 aromatic carbocycles. The summed E-state index contributed by atoms with van der Waals surface area (Å²) in [5.41, 5.74) is 5.26. The van der Waals surface area contributed by atoms with Crippen LogP contribution in [0, 0.1) is 0 Å². The quantitative estimate of drug-likeness (QED) is 0.540. The van der Waals surface area contributed by atoms with E-state index < -0.39 is 0 Å². The normalized spacial score (nSPS) is 27.0. The van der Waals surface area contributed by atoms with E-state index in [9.17, 15) is 4.79 Å². The Balaban J connectivity index is 1.94. The van der Waals surface area contributed by atoms with Crippen LogP contribution in [0.4, 0.5) is 5.69 Å². The monoisotopic (exact) mass is 462 g/mol. The average molecular weight is 462 g/mol. The fraction of sp³-hybridized carbons (Fsp3) is 0.381. The summed E-state index contributed by atoms with van der Waals surface area (Å²) in [4.78, 5) is 15.1. The van der Waals surface area contributed by atoms with Crippen molar-refractivity contribution >= 4 is 34.2 Å². The summed E-state index contributed by atoms with van der Waals surface area (Å²) < 4.78 is 7.20. The van der Waals surface area contributed by atoms with Crippen molar-refractivity contribution in [3.05, 3.63) is 62.9 Å². The van der Waals surface area contributed by atoms with Gasteiger partial charge in [-0.15, -0.1) is 0 Å². The molecular weight excluding hydrogens is 439 g/mol. The molecule has 2 atom stereocenters. The first-order valence-electron chi connectivity index (χ1n) is 9.06. The molecule has 0 bridgehead atoms. The molecule has 5 heteroatoms. The van der Waals surface area contributed by atoms with E-state index in [4.69, 9.17) is 4.74 Å². The van der Waals surface area contributed by atoms with Gasteiger partial charge >= 0.3 is 5.97 Å². The highest BCUT2D eigenvalue weighted by atomic mass is 127. The third-order valence-corrected chi connectivity index (χ3v) is 6.44. The molecule has 0 radical (unpaired) electrons. The molecule has 4 rings (SSSR count). The summed E-state index contributed by atoms with van der Waals surface area (Å²) in [5.74, 6) is -0.255. The highest BCUT2D eigenvalue weighted by Crippen LogP contribution is 2.57. The minimum Gasteiger partial charge on any atom is -0.465 e. The van der Waals surface area contributed by atoms with Crippen LogP contribution in [0.3, 0.4) is 0 Å². The summed E-state index contributed by atoms with van der Waals surface area (Å²) in [6.45, 7) is 4.12. The SMILES string of the molecule is CCC1=CC(C(=O)OC)=C2Nc3ccccc3[C@@]23CCN(C/C=C\I)[C@@H]13. The molecule has 4 nitrogen and oxygen atoms in total. The zero-order valence-electron chi connectivity index (χ0n) is 15.1. The van der Waals surface area contributed by atoms with Crippen LogP contribution in [-0.2, 0) is 14.9 Å². The van der Waals surface area contributed by atoms with Crippen LogP contribution < -0.4 is 5.32 Å². The smallest absolute Gasteiger partial charge is 0.339 e. The number of methoxy groups -OCH3 is 1. The van der Waals surface area contributed by atoms with E-state index in [1.54, 1.807) is 0 Å². The number of hydrogen-bond donors (Lipinski definition) is 1. The maximum atomic E-state index is 12.6. The average Bonchev–Trinajstić information content (AvgIpc) is 3.22. The van der Waals surface area contributed by atoms with E-state index in [2.05, 4.69) is 74.2 Å². The van der Waals surface area contributed by atoms with Gasteiger partial charge in [0.1, 0.15) is 0 Å². The second-order valence-corrected chi connectivity index (χ2v) is 7.72. The molecular formula is C21H23IN2O2. The number of carbonyl (C=O) groups excluding carboxylic acids is 1. The highest BCUT2D eigenvalue weighted by molar-refractivity contribution is 14.1. The van der Waals surface area contributed by atoms with Crippen LogP contribution in [0.25, 0.3) is 0 Å². The Kier molecular flexibility index (Phi) is 4.69. The third kappa shape index (κ3) is 2.40. The molecule has 1 aliphatic carbocycles. The minimum atomic E-state index is -0.255. The van der Waals surface area contributed by atoms with Gasteiger partial charge in [-0.2, -0.15) is 0 Å². The molecule has 0 amide bonds. The van der Waals surface area contributed by atoms with Crippen molar-refractivity contribution in [3.63, 3.8) is 0 Å². The number of rotatable bonds is 4. The van der Waals surface area contributed by atoms with Crippen LogP contribution in [0.5, 0.6) is 0 Å². The Morgan fingerprint density at radius 2 is 2.27 bits per heavy atom. The molecule has 26 heavy (non-hydrogen) atoms. The molecule has 1 N–H and O–H groups in total. The Morgan fingerprint density at radius 1 is 1.46 bits per heavy atom. The first-order chi connectivity index (χ1) is 12.7. The van der Waals surface area contributed by atoms with Gasteiger partial charge < -0.3 is 10.1 Å². The fourth-order valence-corrected chi connectivity index (χ4v) is 5.16. The lowest BCUT2D eigenvalue weighted by Crippen LogP contribution is -2.47. The Bertz CT molecular complexity index is 842. The summed E-state index contributed by atoms with van der Waals surface area (Å²) in [7, 11) is 1.46. The van der Waals surface area contributed by atoms with Crippen LogP contribution >= 0.6 is 22.6 Å². The predicted molar refractivity (Wildman–Crippen MR) is 112 cm³/mol. The number of halogens is 1. The second kappa shape index (κ2) is 6.85. The Labute approximate surface area is 168 Å². The summed E-state index contributed by atoms with van der Waals surface area (Å²) in [6.07, 6.45) is 6.20. The van der Waals surface area contributed by atoms with Crippen molar-refractivity contribution < 1.29 is 9.53 Å². The first kappa shape index (κ1) is 17.8. The maximum absolute atomic E-state index is 12.6. The van der Waals surface area contributed by atoms with Crippen LogP contribution in [0.15, 0.2) is 57.3 Å². The number of ether oxygens (including phenoxy) is 1. The number of esters is 1. The molecule has 1 spiro atoms. The summed E-state index contributed by atoms with van der Waals surface area (Å²) >= 11 is 2.28. The molecule has 3 aliphatic rings. The standard InChI is InChI=1S/C21H23IN2O2/c1-3-14-13-15(20(25)26-2)18-21(16-7-4-5-8-17(16)23-18)9-12-24(19(14)21)11-6-10-22/h4-8,10,13,19,23H,3,9,11-12H2,1-2H3/b10-6-/t19-,21-/m0/s1. The maximum Gasteiger partial charge on any atom is 0.339 e. The van der Waals surface area contributed by atoms with Gasteiger partial charge in [-0.1, -0.05) is 59.4 Å². The van der Waals surface area contributed by atoms with Crippen molar-refractivity contribution in [1.29, 1.82) is 0 Å². The Morgan fingerprint density at radius 3 is 3.00 bits per heavy atom. The minimum absolute atomic E-state index is 0.181. The molecule has 0 aromatic heterocycles. The van der Waals surface area contributed by atoms with Crippen LogP contribution in [-0.4, -0.2) is 37.1 Å². The molecule has 2 heterocycles. The lowest BCUT2D eigenvalue weighted by atomic mass is 9.66. The van der Waals surface area contributed by atoms with Crippen molar-refractivity contribution in [2.24, 2.45) is 0 Å². The topological polar surface area (TPSA) is 41.6 Å². The molecule has 0 unspecified atom stereocenters. The highest BCUT2D eigenvalue weighted by Gasteiger charge is 2.58.